The van der Waals surface area contributed by atoms with Crippen molar-refractivity contribution >= 4 is 49.4 Å². The molecule has 1 atom stereocenters. The van der Waals surface area contributed by atoms with E-state index in [-0.39, 0.29) is 24.3 Å². The number of carbonyl (C=O) groups excluding carboxylic acids is 2. The first kappa shape index (κ1) is 15.0. The first-order valence-electron chi connectivity index (χ1n) is 7.14. The van der Waals surface area contributed by atoms with Crippen molar-refractivity contribution in [1.29, 1.82) is 0 Å². The second-order valence-corrected chi connectivity index (χ2v) is 7.25. The zero-order chi connectivity index (χ0) is 15.0. The second kappa shape index (κ2) is 6.08. The predicted molar refractivity (Wildman–Crippen MR) is 88.0 cm³/mol. The van der Waals surface area contributed by atoms with Gasteiger partial charge in [0.2, 0.25) is 5.91 Å². The Morgan fingerprint density at radius 1 is 1.10 bits per heavy atom. The van der Waals surface area contributed by atoms with Crippen LogP contribution >= 0.6 is 31.9 Å². The topological polar surface area (TPSA) is 49.4 Å². The van der Waals surface area contributed by atoms with Crippen LogP contribution in [0.2, 0.25) is 0 Å². The molecule has 6 heteroatoms. The van der Waals surface area contributed by atoms with Crippen molar-refractivity contribution in [3.63, 3.8) is 0 Å². The van der Waals surface area contributed by atoms with Crippen molar-refractivity contribution < 1.29 is 9.59 Å². The standard InChI is InChI=1S/C15H16Br2N2O2/c16-10-6-3-7-11(17)14(10)18-12-8-13(20)19(15(12)21)9-4-1-2-5-9/h3,6-7,9,12,18H,1-2,4-5,8H2. The van der Waals surface area contributed by atoms with Gasteiger partial charge in [0.1, 0.15) is 6.04 Å². The smallest absolute Gasteiger partial charge is 0.252 e. The number of para-hydroxylation sites is 1. The van der Waals surface area contributed by atoms with Crippen molar-refractivity contribution in [2.45, 2.75) is 44.2 Å². The van der Waals surface area contributed by atoms with Crippen LogP contribution in [0.4, 0.5) is 5.69 Å². The molecule has 2 amide bonds. The zero-order valence-electron chi connectivity index (χ0n) is 11.4. The summed E-state index contributed by atoms with van der Waals surface area (Å²) in [5.74, 6) is -0.137. The summed E-state index contributed by atoms with van der Waals surface area (Å²) < 4.78 is 1.74. The van der Waals surface area contributed by atoms with Crippen molar-refractivity contribution in [2.75, 3.05) is 5.32 Å². The molecule has 1 aliphatic heterocycles. The quantitative estimate of drug-likeness (QED) is 0.765. The summed E-state index contributed by atoms with van der Waals surface area (Å²) in [6, 6.07) is 5.37. The lowest BCUT2D eigenvalue weighted by Crippen LogP contribution is -2.41. The van der Waals surface area contributed by atoms with E-state index in [2.05, 4.69) is 37.2 Å². The summed E-state index contributed by atoms with van der Waals surface area (Å²) in [5, 5.41) is 3.21. The molecule has 1 aromatic carbocycles. The molecule has 0 aromatic heterocycles. The fourth-order valence-corrected chi connectivity index (χ4v) is 4.35. The number of halogens is 2. The summed E-state index contributed by atoms with van der Waals surface area (Å²) in [6.45, 7) is 0. The minimum atomic E-state index is -0.465. The van der Waals surface area contributed by atoms with Crippen LogP contribution < -0.4 is 5.32 Å². The summed E-state index contributed by atoms with van der Waals surface area (Å²) in [6.07, 6.45) is 4.35. The van der Waals surface area contributed by atoms with Crippen LogP contribution in [0.25, 0.3) is 0 Å². The highest BCUT2D eigenvalue weighted by molar-refractivity contribution is 9.11. The molecule has 1 unspecified atom stereocenters. The number of carbonyl (C=O) groups is 2. The molecule has 21 heavy (non-hydrogen) atoms. The Balaban J connectivity index is 1.78. The molecule has 112 valence electrons. The van der Waals surface area contributed by atoms with E-state index in [9.17, 15) is 9.59 Å². The highest BCUT2D eigenvalue weighted by atomic mass is 79.9. The SMILES string of the molecule is O=C1CC(Nc2c(Br)cccc2Br)C(=O)N1C1CCCC1. The van der Waals surface area contributed by atoms with E-state index in [0.29, 0.717) is 0 Å². The van der Waals surface area contributed by atoms with Gasteiger partial charge in [0.15, 0.2) is 0 Å². The van der Waals surface area contributed by atoms with Gasteiger partial charge in [-0.1, -0.05) is 18.9 Å². The van der Waals surface area contributed by atoms with Gasteiger partial charge in [-0.15, -0.1) is 0 Å². The predicted octanol–water partition coefficient (Wildman–Crippen LogP) is 3.69. The molecule has 0 radical (unpaired) electrons. The van der Waals surface area contributed by atoms with E-state index < -0.39 is 6.04 Å². The van der Waals surface area contributed by atoms with Gasteiger partial charge in [-0.25, -0.2) is 0 Å². The van der Waals surface area contributed by atoms with Gasteiger partial charge >= 0.3 is 0 Å². The molecule has 0 bridgehead atoms. The maximum Gasteiger partial charge on any atom is 0.252 e. The number of nitrogens with zero attached hydrogens (tertiary/aromatic N) is 1. The third kappa shape index (κ3) is 2.88. The Morgan fingerprint density at radius 2 is 1.71 bits per heavy atom. The monoisotopic (exact) mass is 414 g/mol. The van der Waals surface area contributed by atoms with Crippen molar-refractivity contribution in [1.82, 2.24) is 4.90 Å². The van der Waals surface area contributed by atoms with E-state index >= 15 is 0 Å². The van der Waals surface area contributed by atoms with E-state index in [4.69, 9.17) is 0 Å². The summed E-state index contributed by atoms with van der Waals surface area (Å²) >= 11 is 6.94. The fraction of sp³-hybridized carbons (Fsp3) is 0.467. The maximum absolute atomic E-state index is 12.5. The number of anilines is 1. The molecule has 0 spiro atoms. The highest BCUT2D eigenvalue weighted by Crippen LogP contribution is 2.34. The first-order valence-corrected chi connectivity index (χ1v) is 8.73. The lowest BCUT2D eigenvalue weighted by atomic mass is 10.2. The number of hydrogen-bond donors (Lipinski definition) is 1. The van der Waals surface area contributed by atoms with Crippen LogP contribution in [-0.4, -0.2) is 28.8 Å². The molecule has 3 rings (SSSR count). The summed E-state index contributed by atoms with van der Waals surface area (Å²) in [5.41, 5.74) is 0.817. The molecule has 1 aromatic rings. The molecule has 1 saturated carbocycles. The molecule has 1 aliphatic carbocycles. The van der Waals surface area contributed by atoms with Crippen molar-refractivity contribution in [2.24, 2.45) is 0 Å². The molecule has 4 nitrogen and oxygen atoms in total. The Morgan fingerprint density at radius 3 is 2.33 bits per heavy atom. The largest absolute Gasteiger partial charge is 0.371 e. The zero-order valence-corrected chi connectivity index (χ0v) is 14.6. The van der Waals surface area contributed by atoms with E-state index in [0.717, 1.165) is 40.3 Å². The van der Waals surface area contributed by atoms with E-state index in [1.54, 1.807) is 0 Å². The van der Waals surface area contributed by atoms with Crippen LogP contribution in [0, 0.1) is 0 Å². The minimum Gasteiger partial charge on any atom is -0.371 e. The Hall–Kier alpha value is -0.880. The van der Waals surface area contributed by atoms with Gasteiger partial charge in [0.05, 0.1) is 12.1 Å². The Kier molecular flexibility index (Phi) is 4.36. The third-order valence-electron chi connectivity index (χ3n) is 4.15. The number of nitrogens with one attached hydrogen (secondary N) is 1. The molecular formula is C15H16Br2N2O2. The molecule has 2 fully saturated rings. The van der Waals surface area contributed by atoms with Crippen LogP contribution in [-0.2, 0) is 9.59 Å². The van der Waals surface area contributed by atoms with Crippen LogP contribution in [0.5, 0.6) is 0 Å². The number of hydrogen-bond acceptors (Lipinski definition) is 3. The highest BCUT2D eigenvalue weighted by Gasteiger charge is 2.43. The van der Waals surface area contributed by atoms with Crippen LogP contribution in [0.1, 0.15) is 32.1 Å². The summed E-state index contributed by atoms with van der Waals surface area (Å²) in [7, 11) is 0. The third-order valence-corrected chi connectivity index (χ3v) is 5.48. The molecule has 1 heterocycles. The van der Waals surface area contributed by atoms with Crippen LogP contribution in [0.15, 0.2) is 27.1 Å². The van der Waals surface area contributed by atoms with Crippen molar-refractivity contribution in [3.05, 3.63) is 27.1 Å². The molecular weight excluding hydrogens is 400 g/mol. The number of rotatable bonds is 3. The average Bonchev–Trinajstić information content (AvgIpc) is 3.03. The Bertz CT molecular complexity index is 565. The number of amides is 2. The number of likely N-dealkylation sites (tertiary alicyclic amines) is 1. The fourth-order valence-electron chi connectivity index (χ4n) is 3.12. The maximum atomic E-state index is 12.5. The van der Waals surface area contributed by atoms with Gasteiger partial charge in [0.25, 0.3) is 5.91 Å². The van der Waals surface area contributed by atoms with Crippen LogP contribution in [0.3, 0.4) is 0 Å². The molecule has 2 aliphatic rings. The molecule has 1 N–H and O–H groups in total. The van der Waals surface area contributed by atoms with Gasteiger partial charge < -0.3 is 5.32 Å². The Labute approximate surface area is 140 Å². The average molecular weight is 416 g/mol. The number of imide groups is 1. The first-order chi connectivity index (χ1) is 10.1. The molecule has 1 saturated heterocycles. The van der Waals surface area contributed by atoms with Gasteiger partial charge in [-0.05, 0) is 56.8 Å². The summed E-state index contributed by atoms with van der Waals surface area (Å²) in [4.78, 5) is 26.2. The second-order valence-electron chi connectivity index (χ2n) is 5.54. The van der Waals surface area contributed by atoms with Crippen molar-refractivity contribution in [3.8, 4) is 0 Å². The normalized spacial score (nSPS) is 23.1. The number of benzene rings is 1. The van der Waals surface area contributed by atoms with Gasteiger partial charge in [0, 0.05) is 15.0 Å². The van der Waals surface area contributed by atoms with E-state index in [1.165, 1.54) is 4.90 Å². The van der Waals surface area contributed by atoms with Gasteiger partial charge in [-0.2, -0.15) is 0 Å². The van der Waals surface area contributed by atoms with Gasteiger partial charge in [-0.3, -0.25) is 14.5 Å². The lowest BCUT2D eigenvalue weighted by molar-refractivity contribution is -0.141. The minimum absolute atomic E-state index is 0.0485. The lowest BCUT2D eigenvalue weighted by Gasteiger charge is -2.22. The van der Waals surface area contributed by atoms with E-state index in [1.807, 2.05) is 18.2 Å².